The molecule has 5 rings (SSSR count). The van der Waals surface area contributed by atoms with Gasteiger partial charge in [0.15, 0.2) is 5.43 Å². The van der Waals surface area contributed by atoms with E-state index in [0.717, 1.165) is 10.6 Å². The molecule has 0 saturated heterocycles. The number of hydrogen-bond acceptors (Lipinski definition) is 7. The monoisotopic (exact) mass is 481 g/mol. The van der Waals surface area contributed by atoms with E-state index in [1.54, 1.807) is 18.2 Å². The van der Waals surface area contributed by atoms with Crippen molar-refractivity contribution in [1.82, 2.24) is 10.2 Å². The summed E-state index contributed by atoms with van der Waals surface area (Å²) in [5.74, 6) is 0.284. The third kappa shape index (κ3) is 3.69. The molecular formula is C24H20ClN3O4S. The van der Waals surface area contributed by atoms with Gasteiger partial charge < -0.3 is 9.15 Å². The van der Waals surface area contributed by atoms with E-state index in [2.05, 4.69) is 10.2 Å². The predicted molar refractivity (Wildman–Crippen MR) is 128 cm³/mol. The van der Waals surface area contributed by atoms with E-state index >= 15 is 0 Å². The second-order valence-corrected chi connectivity index (χ2v) is 9.44. The van der Waals surface area contributed by atoms with E-state index < -0.39 is 11.9 Å². The minimum absolute atomic E-state index is 0.00979. The van der Waals surface area contributed by atoms with Gasteiger partial charge in [-0.15, -0.1) is 10.2 Å². The molecule has 0 bridgehead atoms. The van der Waals surface area contributed by atoms with E-state index in [1.165, 1.54) is 16.2 Å². The molecule has 1 amide bonds. The van der Waals surface area contributed by atoms with Gasteiger partial charge in [0.25, 0.3) is 5.91 Å². The Morgan fingerprint density at radius 1 is 1.15 bits per heavy atom. The van der Waals surface area contributed by atoms with E-state index in [1.807, 2.05) is 45.0 Å². The van der Waals surface area contributed by atoms with Crippen LogP contribution >= 0.6 is 22.9 Å². The summed E-state index contributed by atoms with van der Waals surface area (Å²) in [6.07, 6.45) is 0.719. The first-order valence-electron chi connectivity index (χ1n) is 10.6. The van der Waals surface area contributed by atoms with Crippen LogP contribution in [0.15, 0.2) is 51.7 Å². The second kappa shape index (κ2) is 8.28. The van der Waals surface area contributed by atoms with Gasteiger partial charge in [-0.3, -0.25) is 14.5 Å². The largest absolute Gasteiger partial charge is 0.491 e. The third-order valence-corrected chi connectivity index (χ3v) is 6.67. The van der Waals surface area contributed by atoms with Crippen molar-refractivity contribution in [2.45, 2.75) is 39.3 Å². The predicted octanol–water partition coefficient (Wildman–Crippen LogP) is 5.40. The lowest BCUT2D eigenvalue weighted by Crippen LogP contribution is -2.29. The second-order valence-electron chi connectivity index (χ2n) is 7.96. The zero-order valence-electron chi connectivity index (χ0n) is 18.2. The van der Waals surface area contributed by atoms with Gasteiger partial charge in [-0.05, 0) is 56.2 Å². The number of aryl methyl sites for hydroxylation is 1. The van der Waals surface area contributed by atoms with Crippen molar-refractivity contribution in [3.63, 3.8) is 0 Å². The number of amides is 1. The van der Waals surface area contributed by atoms with Crippen molar-refractivity contribution in [2.75, 3.05) is 4.90 Å². The Morgan fingerprint density at radius 2 is 1.91 bits per heavy atom. The molecule has 0 saturated carbocycles. The van der Waals surface area contributed by atoms with Crippen LogP contribution < -0.4 is 15.1 Å². The molecule has 4 aromatic rings. The number of aromatic nitrogens is 2. The first-order valence-corrected chi connectivity index (χ1v) is 11.8. The Bertz CT molecular complexity index is 1430. The number of nitrogens with zero attached hydrogens (tertiary/aromatic N) is 3. The third-order valence-electron chi connectivity index (χ3n) is 5.36. The van der Waals surface area contributed by atoms with Crippen molar-refractivity contribution >= 4 is 44.9 Å². The minimum atomic E-state index is -0.710. The van der Waals surface area contributed by atoms with Crippen LogP contribution in [0.2, 0.25) is 5.02 Å². The molecule has 1 atom stereocenters. The summed E-state index contributed by atoms with van der Waals surface area (Å²) in [7, 11) is 0. The quantitative estimate of drug-likeness (QED) is 0.379. The van der Waals surface area contributed by atoms with E-state index in [4.69, 9.17) is 20.8 Å². The zero-order valence-corrected chi connectivity index (χ0v) is 19.7. The minimum Gasteiger partial charge on any atom is -0.491 e. The number of rotatable bonds is 5. The number of ether oxygens (including phenoxy) is 1. The van der Waals surface area contributed by atoms with E-state index in [-0.39, 0.29) is 22.9 Å². The molecule has 0 unspecified atom stereocenters. The topological polar surface area (TPSA) is 85.5 Å². The number of carbonyl (C=O) groups is 1. The van der Waals surface area contributed by atoms with Crippen LogP contribution in [-0.4, -0.2) is 22.2 Å². The van der Waals surface area contributed by atoms with Gasteiger partial charge in [-0.1, -0.05) is 42.0 Å². The van der Waals surface area contributed by atoms with Crippen LogP contribution in [0, 0.1) is 0 Å². The van der Waals surface area contributed by atoms with Crippen molar-refractivity contribution in [3.05, 3.63) is 79.6 Å². The Balaban J connectivity index is 1.72. The summed E-state index contributed by atoms with van der Waals surface area (Å²) in [6, 6.07) is 11.4. The molecule has 2 aromatic carbocycles. The normalized spacial score (nSPS) is 15.5. The zero-order chi connectivity index (χ0) is 23.3. The summed E-state index contributed by atoms with van der Waals surface area (Å²) >= 11 is 7.46. The molecule has 0 spiro atoms. The van der Waals surface area contributed by atoms with Crippen LogP contribution in [-0.2, 0) is 6.42 Å². The van der Waals surface area contributed by atoms with Crippen LogP contribution in [0.3, 0.4) is 0 Å². The van der Waals surface area contributed by atoms with E-state index in [9.17, 15) is 9.59 Å². The van der Waals surface area contributed by atoms with Crippen molar-refractivity contribution in [2.24, 2.45) is 0 Å². The van der Waals surface area contributed by atoms with Gasteiger partial charge in [0.1, 0.15) is 16.3 Å². The van der Waals surface area contributed by atoms with Crippen molar-refractivity contribution in [3.8, 4) is 5.75 Å². The molecule has 2 aromatic heterocycles. The lowest BCUT2D eigenvalue weighted by molar-refractivity contribution is 0.0970. The van der Waals surface area contributed by atoms with Gasteiger partial charge in [-0.25, -0.2) is 0 Å². The fourth-order valence-corrected chi connectivity index (χ4v) is 4.92. The van der Waals surface area contributed by atoms with Crippen LogP contribution in [0.1, 0.15) is 53.5 Å². The molecule has 3 heterocycles. The molecule has 0 radical (unpaired) electrons. The summed E-state index contributed by atoms with van der Waals surface area (Å²) in [5, 5.41) is 10.4. The Labute approximate surface area is 198 Å². The standard InChI is InChI=1S/C24H20ClN3O4S/c1-4-18-26-27-24(33-18)28-20(13-5-8-15(9-6-13)31-12(2)3)19-21(29)16-11-14(25)7-10-17(16)32-22(19)23(28)30/h5-12,20H,4H2,1-3H3/t20-/m0/s1. The van der Waals surface area contributed by atoms with Crippen molar-refractivity contribution in [1.29, 1.82) is 0 Å². The number of fused-ring (bicyclic) bond motifs is 2. The number of anilines is 1. The smallest absolute Gasteiger partial charge is 0.297 e. The molecule has 1 aliphatic rings. The van der Waals surface area contributed by atoms with Crippen molar-refractivity contribution < 1.29 is 13.9 Å². The lowest BCUT2D eigenvalue weighted by Gasteiger charge is -2.22. The molecule has 0 N–H and O–H groups in total. The van der Waals surface area contributed by atoms with Gasteiger partial charge in [-0.2, -0.15) is 0 Å². The number of benzene rings is 2. The summed E-state index contributed by atoms with van der Waals surface area (Å²) in [5.41, 5.74) is 1.02. The number of hydrogen-bond donors (Lipinski definition) is 0. The highest BCUT2D eigenvalue weighted by Crippen LogP contribution is 2.42. The summed E-state index contributed by atoms with van der Waals surface area (Å²) in [4.78, 5) is 28.6. The average Bonchev–Trinajstić information content (AvgIpc) is 3.37. The Morgan fingerprint density at radius 3 is 2.58 bits per heavy atom. The fourth-order valence-electron chi connectivity index (χ4n) is 3.94. The first-order chi connectivity index (χ1) is 15.9. The Hall–Kier alpha value is -3.23. The molecule has 33 heavy (non-hydrogen) atoms. The molecule has 168 valence electrons. The summed E-state index contributed by atoms with van der Waals surface area (Å²) in [6.45, 7) is 5.87. The maximum atomic E-state index is 13.6. The van der Waals surface area contributed by atoms with Gasteiger partial charge in [0, 0.05) is 5.02 Å². The fraction of sp³-hybridized carbons (Fsp3) is 0.250. The molecule has 0 fully saturated rings. The highest BCUT2D eigenvalue weighted by atomic mass is 35.5. The van der Waals surface area contributed by atoms with E-state index in [0.29, 0.717) is 33.3 Å². The first kappa shape index (κ1) is 21.6. The molecule has 9 heteroatoms. The van der Waals surface area contributed by atoms with Crippen LogP contribution in [0.25, 0.3) is 11.0 Å². The highest BCUT2D eigenvalue weighted by Gasteiger charge is 2.45. The maximum Gasteiger partial charge on any atom is 0.297 e. The molecular weight excluding hydrogens is 462 g/mol. The van der Waals surface area contributed by atoms with Gasteiger partial charge in [0.05, 0.1) is 23.1 Å². The average molecular weight is 482 g/mol. The number of carbonyl (C=O) groups excluding carboxylic acids is 1. The molecule has 0 aliphatic carbocycles. The molecule has 1 aliphatic heterocycles. The number of halogens is 1. The lowest BCUT2D eigenvalue weighted by atomic mass is 9.98. The van der Waals surface area contributed by atoms with Crippen LogP contribution in [0.4, 0.5) is 5.13 Å². The highest BCUT2D eigenvalue weighted by molar-refractivity contribution is 7.15. The van der Waals surface area contributed by atoms with Gasteiger partial charge >= 0.3 is 0 Å². The maximum absolute atomic E-state index is 13.6. The SMILES string of the molecule is CCc1nnc(N2C(=O)c3oc4ccc(Cl)cc4c(=O)c3[C@@H]2c2ccc(OC(C)C)cc2)s1. The van der Waals surface area contributed by atoms with Gasteiger partial charge in [0.2, 0.25) is 10.9 Å². The Kier molecular flexibility index (Phi) is 5.42. The molecule has 7 nitrogen and oxygen atoms in total. The van der Waals surface area contributed by atoms with Crippen LogP contribution in [0.5, 0.6) is 5.75 Å². The summed E-state index contributed by atoms with van der Waals surface area (Å²) < 4.78 is 11.7.